The van der Waals surface area contributed by atoms with Crippen molar-refractivity contribution < 1.29 is 24.0 Å². The zero-order valence-electron chi connectivity index (χ0n) is 16.4. The molecule has 2 aliphatic heterocycles. The molecule has 2 fully saturated rings. The van der Waals surface area contributed by atoms with Gasteiger partial charge in [0.1, 0.15) is 23.4 Å². The van der Waals surface area contributed by atoms with Gasteiger partial charge in [0.05, 0.1) is 52.7 Å². The summed E-state index contributed by atoms with van der Waals surface area (Å²) in [6.45, 7) is 5.34. The van der Waals surface area contributed by atoms with E-state index in [1.807, 2.05) is 30.0 Å². The Hall–Kier alpha value is -1.93. The van der Waals surface area contributed by atoms with Gasteiger partial charge in [0.2, 0.25) is 11.8 Å². The molecule has 3 rings (SSSR count). The first-order valence-electron chi connectivity index (χ1n) is 9.21. The highest BCUT2D eigenvalue weighted by Gasteiger charge is 2.41. The van der Waals surface area contributed by atoms with Crippen molar-refractivity contribution in [1.29, 1.82) is 0 Å². The lowest BCUT2D eigenvalue weighted by Gasteiger charge is -2.32. The number of likely N-dealkylation sites (N-methyl/N-ethyl adjacent to an activating group) is 1. The smallest absolute Gasteiger partial charge is 0.242 e. The molecule has 2 atom stereocenters. The molecule has 0 aliphatic carbocycles. The molecule has 0 saturated carbocycles. The molecule has 2 saturated heterocycles. The number of rotatable bonds is 5. The van der Waals surface area contributed by atoms with Crippen LogP contribution in [0.15, 0.2) is 18.2 Å². The first-order chi connectivity index (χ1) is 12.9. The zero-order valence-corrected chi connectivity index (χ0v) is 17.2. The van der Waals surface area contributed by atoms with Crippen LogP contribution in [0.5, 0.6) is 11.5 Å². The van der Waals surface area contributed by atoms with Gasteiger partial charge >= 0.3 is 0 Å². The molecule has 1 aromatic rings. The van der Waals surface area contributed by atoms with Gasteiger partial charge in [-0.25, -0.2) is 0 Å². The number of nitrogens with one attached hydrogen (secondary N) is 1. The number of quaternary nitrogens is 1. The Labute approximate surface area is 164 Å². The highest BCUT2D eigenvalue weighted by Crippen LogP contribution is 2.46. The number of nitrogens with zero attached hydrogens (tertiary/aromatic N) is 2. The van der Waals surface area contributed by atoms with Gasteiger partial charge in [-0.15, -0.1) is 11.8 Å². The van der Waals surface area contributed by atoms with Crippen LogP contribution in [0.4, 0.5) is 0 Å². The summed E-state index contributed by atoms with van der Waals surface area (Å²) in [5.41, 5.74) is 0.857. The van der Waals surface area contributed by atoms with E-state index in [-0.39, 0.29) is 29.0 Å². The number of ether oxygens (including phenoxy) is 2. The number of carbonyl (C=O) groups is 2. The Bertz CT molecular complexity index is 706. The summed E-state index contributed by atoms with van der Waals surface area (Å²) >= 11 is 1.54. The first kappa shape index (κ1) is 19.8. The summed E-state index contributed by atoms with van der Waals surface area (Å²) in [6, 6.07) is 5.55. The SMILES string of the molecule is COc1ccc(OC)c([C@H]2S[C@H](C)C(=O)N2CC(=O)N2CC[NH+](C)CC2)c1. The van der Waals surface area contributed by atoms with Crippen molar-refractivity contribution in [3.05, 3.63) is 23.8 Å². The summed E-state index contributed by atoms with van der Waals surface area (Å²) in [7, 11) is 5.35. The normalized spacial score (nSPS) is 23.6. The average Bonchev–Trinajstić information content (AvgIpc) is 2.96. The number of hydrogen-bond acceptors (Lipinski definition) is 5. The van der Waals surface area contributed by atoms with Crippen molar-refractivity contribution >= 4 is 23.6 Å². The number of thioether (sulfide) groups is 1. The molecule has 0 unspecified atom stereocenters. The lowest BCUT2D eigenvalue weighted by Crippen LogP contribution is -3.12. The van der Waals surface area contributed by atoms with Gasteiger partial charge in [0.15, 0.2) is 0 Å². The molecule has 8 heteroatoms. The van der Waals surface area contributed by atoms with Crippen molar-refractivity contribution in [2.24, 2.45) is 0 Å². The molecular weight excluding hydrogens is 366 g/mol. The van der Waals surface area contributed by atoms with Gasteiger partial charge in [0, 0.05) is 5.56 Å². The van der Waals surface area contributed by atoms with Gasteiger partial charge in [-0.2, -0.15) is 0 Å². The summed E-state index contributed by atoms with van der Waals surface area (Å²) < 4.78 is 10.8. The minimum atomic E-state index is -0.264. The predicted octanol–water partition coefficient (Wildman–Crippen LogP) is 0.0232. The number of carbonyl (C=O) groups excluding carboxylic acids is 2. The summed E-state index contributed by atoms with van der Waals surface area (Å²) in [5, 5.41) is -0.463. The molecule has 0 spiro atoms. The van der Waals surface area contributed by atoms with E-state index in [1.165, 1.54) is 16.7 Å². The van der Waals surface area contributed by atoms with Gasteiger partial charge in [0.25, 0.3) is 0 Å². The van der Waals surface area contributed by atoms with Crippen molar-refractivity contribution in [3.63, 3.8) is 0 Å². The summed E-state index contributed by atoms with van der Waals surface area (Å²) in [4.78, 5) is 30.6. The minimum Gasteiger partial charge on any atom is -0.497 e. The van der Waals surface area contributed by atoms with Crippen molar-refractivity contribution in [2.45, 2.75) is 17.5 Å². The third-order valence-electron chi connectivity index (χ3n) is 5.23. The van der Waals surface area contributed by atoms with Gasteiger partial charge in [-0.05, 0) is 25.1 Å². The fourth-order valence-electron chi connectivity index (χ4n) is 3.49. The number of hydrogen-bond donors (Lipinski definition) is 1. The second-order valence-electron chi connectivity index (χ2n) is 7.04. The largest absolute Gasteiger partial charge is 0.497 e. The average molecular weight is 395 g/mol. The lowest BCUT2D eigenvalue weighted by molar-refractivity contribution is -0.883. The van der Waals surface area contributed by atoms with E-state index >= 15 is 0 Å². The molecule has 7 nitrogen and oxygen atoms in total. The number of piperazine rings is 1. The Balaban J connectivity index is 1.82. The third-order valence-corrected chi connectivity index (χ3v) is 6.60. The van der Waals surface area contributed by atoms with E-state index in [0.717, 1.165) is 31.7 Å². The molecule has 0 radical (unpaired) electrons. The van der Waals surface area contributed by atoms with Gasteiger partial charge < -0.3 is 24.2 Å². The molecule has 27 heavy (non-hydrogen) atoms. The molecule has 148 valence electrons. The highest BCUT2D eigenvalue weighted by atomic mass is 32.2. The van der Waals surface area contributed by atoms with E-state index in [0.29, 0.717) is 11.5 Å². The Morgan fingerprint density at radius 1 is 1.26 bits per heavy atom. The van der Waals surface area contributed by atoms with E-state index in [9.17, 15) is 9.59 Å². The Kier molecular flexibility index (Phi) is 6.16. The number of benzene rings is 1. The van der Waals surface area contributed by atoms with Crippen molar-refractivity contribution in [2.75, 3.05) is 54.0 Å². The van der Waals surface area contributed by atoms with Crippen LogP contribution in [0, 0.1) is 0 Å². The standard InChI is InChI=1S/C19H27N3O4S/c1-13-18(24)22(12-17(23)21-9-7-20(2)8-10-21)19(27-13)15-11-14(25-3)5-6-16(15)26-4/h5-6,11,13,19H,7-10,12H2,1-4H3/p+1/t13-,19-/m1/s1. The highest BCUT2D eigenvalue weighted by molar-refractivity contribution is 8.01. The van der Waals surface area contributed by atoms with Crippen LogP contribution in [0.25, 0.3) is 0 Å². The molecular formula is C19H28N3O4S+. The molecule has 2 amide bonds. The maximum Gasteiger partial charge on any atom is 0.242 e. The number of methoxy groups -OCH3 is 2. The molecule has 1 aromatic carbocycles. The third kappa shape index (κ3) is 4.16. The van der Waals surface area contributed by atoms with Crippen molar-refractivity contribution in [1.82, 2.24) is 9.80 Å². The maximum atomic E-state index is 12.8. The topological polar surface area (TPSA) is 63.5 Å². The second kappa shape index (κ2) is 8.39. The quantitative estimate of drug-likeness (QED) is 0.763. The van der Waals surface area contributed by atoms with Crippen molar-refractivity contribution in [3.8, 4) is 11.5 Å². The predicted molar refractivity (Wildman–Crippen MR) is 104 cm³/mol. The van der Waals surface area contributed by atoms with E-state index in [1.54, 1.807) is 19.1 Å². The molecule has 1 N–H and O–H groups in total. The van der Waals surface area contributed by atoms with Crippen LogP contribution >= 0.6 is 11.8 Å². The summed E-state index contributed by atoms with van der Waals surface area (Å²) in [6.07, 6.45) is 0. The van der Waals surface area contributed by atoms with Crippen LogP contribution in [0.1, 0.15) is 17.9 Å². The second-order valence-corrected chi connectivity index (χ2v) is 8.47. The first-order valence-corrected chi connectivity index (χ1v) is 10.2. The van der Waals surface area contributed by atoms with E-state index in [2.05, 4.69) is 7.05 Å². The zero-order chi connectivity index (χ0) is 19.6. The van der Waals surface area contributed by atoms with E-state index < -0.39 is 0 Å². The van der Waals surface area contributed by atoms with Crippen LogP contribution in [0.3, 0.4) is 0 Å². The molecule has 0 aromatic heterocycles. The van der Waals surface area contributed by atoms with Crippen LogP contribution in [0.2, 0.25) is 0 Å². The minimum absolute atomic E-state index is 0.0111. The Morgan fingerprint density at radius 3 is 2.59 bits per heavy atom. The fraction of sp³-hybridized carbons (Fsp3) is 0.579. The number of amides is 2. The van der Waals surface area contributed by atoms with Crippen LogP contribution in [-0.2, 0) is 9.59 Å². The molecule has 0 bridgehead atoms. The van der Waals surface area contributed by atoms with Gasteiger partial charge in [-0.1, -0.05) is 0 Å². The lowest BCUT2D eigenvalue weighted by atomic mass is 10.1. The van der Waals surface area contributed by atoms with Crippen LogP contribution in [-0.4, -0.2) is 80.9 Å². The monoisotopic (exact) mass is 394 g/mol. The van der Waals surface area contributed by atoms with Crippen LogP contribution < -0.4 is 14.4 Å². The van der Waals surface area contributed by atoms with Gasteiger partial charge in [-0.3, -0.25) is 9.59 Å². The van der Waals surface area contributed by atoms with E-state index in [4.69, 9.17) is 9.47 Å². The fourth-order valence-corrected chi connectivity index (χ4v) is 4.79. The maximum absolute atomic E-state index is 12.8. The molecule has 2 heterocycles. The molecule has 2 aliphatic rings. The Morgan fingerprint density at radius 2 is 1.96 bits per heavy atom. The summed E-state index contributed by atoms with van der Waals surface area (Å²) in [5.74, 6) is 1.39.